The Morgan fingerprint density at radius 3 is 2.91 bits per heavy atom. The van der Waals surface area contributed by atoms with Gasteiger partial charge in [0, 0.05) is 11.9 Å². The standard InChI is InChI=1S/C23H27N5O2S2/c1-4-11-28-20(13-30-19-10-9-17-7-5-6-8-18(17)12-19)26-27-23(28)32-16(3)21(29)25-22-24-15(2)14-31-22/h4,9-10,12,14,16H,1,5-8,11,13H2,2-3H3,(H,24,25,29). The van der Waals surface area contributed by atoms with Crippen LogP contribution in [0.15, 0.2) is 41.4 Å². The summed E-state index contributed by atoms with van der Waals surface area (Å²) in [6.07, 6.45) is 6.55. The number of ether oxygens (including phenoxy) is 1. The normalized spacial score (nSPS) is 13.9. The van der Waals surface area contributed by atoms with Crippen LogP contribution in [0, 0.1) is 6.92 Å². The zero-order chi connectivity index (χ0) is 22.5. The Morgan fingerprint density at radius 1 is 1.34 bits per heavy atom. The molecule has 1 amide bonds. The van der Waals surface area contributed by atoms with Gasteiger partial charge in [0.1, 0.15) is 12.4 Å². The fraction of sp³-hybridized carbons (Fsp3) is 0.391. The largest absolute Gasteiger partial charge is 0.486 e. The van der Waals surface area contributed by atoms with Gasteiger partial charge in [-0.1, -0.05) is 23.9 Å². The smallest absolute Gasteiger partial charge is 0.239 e. The number of amides is 1. The molecule has 1 aliphatic carbocycles. The molecule has 0 aliphatic heterocycles. The summed E-state index contributed by atoms with van der Waals surface area (Å²) in [6, 6.07) is 6.34. The third-order valence-corrected chi connectivity index (χ3v) is 7.25. The average Bonchev–Trinajstić information content (AvgIpc) is 3.38. The molecule has 32 heavy (non-hydrogen) atoms. The lowest BCUT2D eigenvalue weighted by Gasteiger charge is -2.17. The molecule has 1 N–H and O–H groups in total. The van der Waals surface area contributed by atoms with Gasteiger partial charge in [-0.3, -0.25) is 9.36 Å². The van der Waals surface area contributed by atoms with Crippen LogP contribution in [0.5, 0.6) is 5.75 Å². The van der Waals surface area contributed by atoms with Crippen molar-refractivity contribution < 1.29 is 9.53 Å². The van der Waals surface area contributed by atoms with Crippen molar-refractivity contribution >= 4 is 34.1 Å². The van der Waals surface area contributed by atoms with E-state index in [1.54, 1.807) is 6.08 Å². The molecule has 1 aliphatic rings. The van der Waals surface area contributed by atoms with Crippen molar-refractivity contribution in [3.05, 3.63) is 58.9 Å². The summed E-state index contributed by atoms with van der Waals surface area (Å²) in [5.74, 6) is 1.43. The molecular formula is C23H27N5O2S2. The van der Waals surface area contributed by atoms with E-state index in [0.29, 0.717) is 29.3 Å². The molecule has 2 aromatic heterocycles. The molecule has 1 unspecified atom stereocenters. The third kappa shape index (κ3) is 5.39. The second-order valence-corrected chi connectivity index (χ2v) is 9.93. The van der Waals surface area contributed by atoms with Gasteiger partial charge >= 0.3 is 0 Å². The van der Waals surface area contributed by atoms with Crippen LogP contribution in [0.4, 0.5) is 5.13 Å². The minimum Gasteiger partial charge on any atom is -0.486 e. The van der Waals surface area contributed by atoms with Crippen LogP contribution in [0.2, 0.25) is 0 Å². The number of aromatic nitrogens is 4. The molecule has 3 aromatic rings. The van der Waals surface area contributed by atoms with Crippen LogP contribution in [-0.2, 0) is 30.8 Å². The number of rotatable bonds is 9. The maximum Gasteiger partial charge on any atom is 0.239 e. The summed E-state index contributed by atoms with van der Waals surface area (Å²) in [6.45, 7) is 8.43. The Morgan fingerprint density at radius 2 is 2.16 bits per heavy atom. The first-order valence-electron chi connectivity index (χ1n) is 10.7. The number of carbonyl (C=O) groups excluding carboxylic acids is 1. The Bertz CT molecular complexity index is 1110. The molecule has 1 aromatic carbocycles. The molecular weight excluding hydrogens is 442 g/mol. The maximum atomic E-state index is 12.6. The molecule has 9 heteroatoms. The third-order valence-electron chi connectivity index (χ3n) is 5.29. The molecule has 0 fully saturated rings. The molecule has 0 radical (unpaired) electrons. The number of hydrogen-bond donors (Lipinski definition) is 1. The second kappa shape index (κ2) is 10.3. The monoisotopic (exact) mass is 469 g/mol. The number of thioether (sulfide) groups is 1. The minimum atomic E-state index is -0.360. The molecule has 0 saturated heterocycles. The number of nitrogens with one attached hydrogen (secondary N) is 1. The first-order valence-corrected chi connectivity index (χ1v) is 12.5. The van der Waals surface area contributed by atoms with Gasteiger partial charge < -0.3 is 10.1 Å². The van der Waals surface area contributed by atoms with Crippen LogP contribution >= 0.6 is 23.1 Å². The second-order valence-electron chi connectivity index (χ2n) is 7.77. The van der Waals surface area contributed by atoms with Crippen molar-refractivity contribution in [2.45, 2.75) is 63.1 Å². The summed E-state index contributed by atoms with van der Waals surface area (Å²) < 4.78 is 7.98. The molecule has 168 valence electrons. The Labute approximate surface area is 196 Å². The number of nitrogens with zero attached hydrogens (tertiary/aromatic N) is 4. The number of benzene rings is 1. The Balaban J connectivity index is 1.41. The highest BCUT2D eigenvalue weighted by Crippen LogP contribution is 2.27. The maximum absolute atomic E-state index is 12.6. The quantitative estimate of drug-likeness (QED) is 0.358. The highest BCUT2D eigenvalue weighted by molar-refractivity contribution is 8.00. The van der Waals surface area contributed by atoms with Gasteiger partial charge in [-0.25, -0.2) is 4.98 Å². The number of hydrogen-bond acceptors (Lipinski definition) is 7. The molecule has 4 rings (SSSR count). The van der Waals surface area contributed by atoms with Crippen molar-refractivity contribution in [3.8, 4) is 5.75 Å². The fourth-order valence-corrected chi connectivity index (χ4v) is 5.17. The van der Waals surface area contributed by atoms with E-state index < -0.39 is 0 Å². The number of fused-ring (bicyclic) bond motifs is 1. The van der Waals surface area contributed by atoms with Crippen molar-refractivity contribution in [3.63, 3.8) is 0 Å². The lowest BCUT2D eigenvalue weighted by Crippen LogP contribution is -2.23. The minimum absolute atomic E-state index is 0.121. The predicted molar refractivity (Wildman–Crippen MR) is 128 cm³/mol. The molecule has 0 saturated carbocycles. The summed E-state index contributed by atoms with van der Waals surface area (Å²) in [5, 5.41) is 14.3. The summed E-state index contributed by atoms with van der Waals surface area (Å²) in [7, 11) is 0. The van der Waals surface area contributed by atoms with E-state index in [0.717, 1.165) is 24.3 Å². The van der Waals surface area contributed by atoms with Gasteiger partial charge in [0.05, 0.1) is 10.9 Å². The Hall–Kier alpha value is -2.65. The highest BCUT2D eigenvalue weighted by Gasteiger charge is 2.21. The van der Waals surface area contributed by atoms with E-state index in [1.165, 1.54) is 47.1 Å². The zero-order valence-corrected chi connectivity index (χ0v) is 20.0. The summed E-state index contributed by atoms with van der Waals surface area (Å²) in [5.41, 5.74) is 3.70. The number of thiazole rings is 1. The lowest BCUT2D eigenvalue weighted by molar-refractivity contribution is -0.115. The van der Waals surface area contributed by atoms with Gasteiger partial charge in [0.2, 0.25) is 5.91 Å². The molecule has 7 nitrogen and oxygen atoms in total. The van der Waals surface area contributed by atoms with E-state index in [2.05, 4.69) is 39.2 Å². The summed E-state index contributed by atoms with van der Waals surface area (Å²) >= 11 is 2.77. The van der Waals surface area contributed by atoms with Crippen molar-refractivity contribution in [1.82, 2.24) is 19.7 Å². The number of carbonyl (C=O) groups is 1. The van der Waals surface area contributed by atoms with E-state index >= 15 is 0 Å². The first kappa shape index (κ1) is 22.5. The Kier molecular flexibility index (Phi) is 7.26. The highest BCUT2D eigenvalue weighted by atomic mass is 32.2. The lowest BCUT2D eigenvalue weighted by atomic mass is 9.92. The zero-order valence-electron chi connectivity index (χ0n) is 18.3. The van der Waals surface area contributed by atoms with Crippen LogP contribution in [0.3, 0.4) is 0 Å². The predicted octanol–water partition coefficient (Wildman–Crippen LogP) is 4.81. The van der Waals surface area contributed by atoms with Crippen LogP contribution in [0.25, 0.3) is 0 Å². The summed E-state index contributed by atoms with van der Waals surface area (Å²) in [4.78, 5) is 16.8. The van der Waals surface area contributed by atoms with Crippen molar-refractivity contribution in [2.24, 2.45) is 0 Å². The van der Waals surface area contributed by atoms with Crippen molar-refractivity contribution in [1.29, 1.82) is 0 Å². The number of allylic oxidation sites excluding steroid dienone is 1. The van der Waals surface area contributed by atoms with Gasteiger partial charge in [0.15, 0.2) is 16.1 Å². The molecule has 0 spiro atoms. The van der Waals surface area contributed by atoms with Gasteiger partial charge in [-0.2, -0.15) is 0 Å². The van der Waals surface area contributed by atoms with E-state index in [4.69, 9.17) is 4.74 Å². The molecule has 2 heterocycles. The van der Waals surface area contributed by atoms with Crippen LogP contribution in [-0.4, -0.2) is 30.9 Å². The van der Waals surface area contributed by atoms with Crippen molar-refractivity contribution in [2.75, 3.05) is 5.32 Å². The number of aryl methyl sites for hydroxylation is 3. The SMILES string of the molecule is C=CCn1c(COc2ccc3c(c2)CCCC3)nnc1SC(C)C(=O)Nc1nc(C)cs1. The van der Waals surface area contributed by atoms with Gasteiger partial charge in [-0.15, -0.1) is 28.1 Å². The topological polar surface area (TPSA) is 81.9 Å². The molecule has 1 atom stereocenters. The van der Waals surface area contributed by atoms with E-state index in [-0.39, 0.29) is 11.2 Å². The number of anilines is 1. The average molecular weight is 470 g/mol. The van der Waals surface area contributed by atoms with Gasteiger partial charge in [-0.05, 0) is 62.8 Å². The van der Waals surface area contributed by atoms with Crippen LogP contribution in [0.1, 0.15) is 42.4 Å². The fourth-order valence-electron chi connectivity index (χ4n) is 3.60. The van der Waals surface area contributed by atoms with E-state index in [1.807, 2.05) is 29.9 Å². The van der Waals surface area contributed by atoms with Crippen LogP contribution < -0.4 is 10.1 Å². The first-order chi connectivity index (χ1) is 15.5. The molecule has 0 bridgehead atoms. The van der Waals surface area contributed by atoms with Gasteiger partial charge in [0.25, 0.3) is 0 Å². The van der Waals surface area contributed by atoms with E-state index in [9.17, 15) is 4.79 Å².